The maximum Gasteiger partial charge on any atom is 0.176 e. The lowest BCUT2D eigenvalue weighted by atomic mass is 10.2. The predicted molar refractivity (Wildman–Crippen MR) is 83.7 cm³/mol. The monoisotopic (exact) mass is 295 g/mol. The first-order valence-corrected chi connectivity index (χ1v) is 7.28. The van der Waals surface area contributed by atoms with Crippen molar-refractivity contribution >= 4 is 6.21 Å². The number of methoxy groups -OCH3 is 1. The van der Waals surface area contributed by atoms with Gasteiger partial charge < -0.3 is 18.9 Å². The zero-order valence-electron chi connectivity index (χ0n) is 13.3. The molecule has 0 bridgehead atoms. The molecule has 0 heterocycles. The van der Waals surface area contributed by atoms with Gasteiger partial charge in [0.1, 0.15) is 0 Å². The molecule has 0 N–H and O–H groups in total. The lowest BCUT2D eigenvalue weighted by molar-refractivity contribution is -0.128. The Kier molecular flexibility index (Phi) is 8.47. The highest BCUT2D eigenvalue weighted by molar-refractivity contribution is 5.80. The second-order valence-corrected chi connectivity index (χ2v) is 4.18. The van der Waals surface area contributed by atoms with Crippen molar-refractivity contribution in [3.8, 4) is 11.5 Å². The Hall–Kier alpha value is -1.59. The molecule has 0 aromatic heterocycles. The topological polar surface area (TPSA) is 49.3 Å². The molecule has 0 saturated heterocycles. The minimum absolute atomic E-state index is 0.291. The van der Waals surface area contributed by atoms with Crippen LogP contribution in [0.25, 0.3) is 0 Å². The number of hydrogen-bond acceptors (Lipinski definition) is 5. The van der Waals surface area contributed by atoms with Crippen molar-refractivity contribution in [1.29, 1.82) is 0 Å². The van der Waals surface area contributed by atoms with Gasteiger partial charge in [-0.05, 0) is 44.5 Å². The molecule has 0 fully saturated rings. The largest absolute Gasteiger partial charge is 0.493 e. The van der Waals surface area contributed by atoms with Gasteiger partial charge in [0.25, 0.3) is 0 Å². The van der Waals surface area contributed by atoms with E-state index in [9.17, 15) is 0 Å². The molecule has 0 radical (unpaired) electrons. The quantitative estimate of drug-likeness (QED) is 0.492. The van der Waals surface area contributed by atoms with Gasteiger partial charge in [-0.3, -0.25) is 4.99 Å². The SMILES string of the molecule is CCOc1ccc(C=NCC(OCC)OCC)cc1OC. The first kappa shape index (κ1) is 17.5. The number of rotatable bonds is 10. The van der Waals surface area contributed by atoms with Gasteiger partial charge in [-0.1, -0.05) is 0 Å². The van der Waals surface area contributed by atoms with Gasteiger partial charge in [-0.15, -0.1) is 0 Å². The molecular formula is C16H25NO4. The van der Waals surface area contributed by atoms with E-state index < -0.39 is 0 Å². The molecule has 0 aliphatic rings. The van der Waals surface area contributed by atoms with E-state index in [-0.39, 0.29) is 6.29 Å². The Morgan fingerprint density at radius 1 is 1.05 bits per heavy atom. The van der Waals surface area contributed by atoms with Crippen LogP contribution in [-0.4, -0.2) is 46.0 Å². The molecule has 0 aliphatic carbocycles. The first-order valence-electron chi connectivity index (χ1n) is 7.28. The van der Waals surface area contributed by atoms with Gasteiger partial charge in [0, 0.05) is 19.4 Å². The number of benzene rings is 1. The average molecular weight is 295 g/mol. The summed E-state index contributed by atoms with van der Waals surface area (Å²) in [7, 11) is 1.62. The van der Waals surface area contributed by atoms with Gasteiger partial charge in [0.05, 0.1) is 20.3 Å². The van der Waals surface area contributed by atoms with E-state index >= 15 is 0 Å². The minimum Gasteiger partial charge on any atom is -0.493 e. The average Bonchev–Trinajstić information content (AvgIpc) is 2.49. The van der Waals surface area contributed by atoms with Gasteiger partial charge >= 0.3 is 0 Å². The van der Waals surface area contributed by atoms with Gasteiger partial charge in [0.15, 0.2) is 17.8 Å². The zero-order valence-corrected chi connectivity index (χ0v) is 13.3. The molecule has 0 saturated carbocycles. The zero-order chi connectivity index (χ0) is 15.5. The van der Waals surface area contributed by atoms with Crippen molar-refractivity contribution in [2.24, 2.45) is 4.99 Å². The third-order valence-corrected chi connectivity index (χ3v) is 2.69. The number of aliphatic imine (C=N–C) groups is 1. The molecule has 0 unspecified atom stereocenters. The first-order chi connectivity index (χ1) is 10.2. The summed E-state index contributed by atoms with van der Waals surface area (Å²) in [5, 5.41) is 0. The van der Waals surface area contributed by atoms with Crippen molar-refractivity contribution < 1.29 is 18.9 Å². The van der Waals surface area contributed by atoms with Crippen molar-refractivity contribution in [3.05, 3.63) is 23.8 Å². The van der Waals surface area contributed by atoms with Gasteiger partial charge in [-0.2, -0.15) is 0 Å². The second kappa shape index (κ2) is 10.2. The van der Waals surface area contributed by atoms with Crippen LogP contribution >= 0.6 is 0 Å². The maximum atomic E-state index is 5.48. The molecule has 5 nitrogen and oxygen atoms in total. The fraction of sp³-hybridized carbons (Fsp3) is 0.562. The summed E-state index contributed by atoms with van der Waals surface area (Å²) >= 11 is 0. The van der Waals surface area contributed by atoms with Crippen LogP contribution in [0.4, 0.5) is 0 Å². The van der Waals surface area contributed by atoms with Gasteiger partial charge in [-0.25, -0.2) is 0 Å². The molecule has 1 aromatic rings. The van der Waals surface area contributed by atoms with Crippen LogP contribution in [0, 0.1) is 0 Å². The number of ether oxygens (including phenoxy) is 4. The van der Waals surface area contributed by atoms with Crippen molar-refractivity contribution in [1.82, 2.24) is 0 Å². The summed E-state index contributed by atoms with van der Waals surface area (Å²) in [6.45, 7) is 8.11. The van der Waals surface area contributed by atoms with Crippen LogP contribution in [0.1, 0.15) is 26.3 Å². The molecule has 1 aromatic carbocycles. The van der Waals surface area contributed by atoms with E-state index in [1.165, 1.54) is 0 Å². The molecule has 0 atom stereocenters. The van der Waals surface area contributed by atoms with E-state index in [1.54, 1.807) is 13.3 Å². The summed E-state index contributed by atoms with van der Waals surface area (Å²) < 4.78 is 21.7. The van der Waals surface area contributed by atoms with Crippen LogP contribution in [0.5, 0.6) is 11.5 Å². The predicted octanol–water partition coefficient (Wildman–Crippen LogP) is 2.91. The summed E-state index contributed by atoms with van der Waals surface area (Å²) in [4.78, 5) is 4.36. The maximum absolute atomic E-state index is 5.48. The van der Waals surface area contributed by atoms with Crippen LogP contribution in [0.3, 0.4) is 0 Å². The van der Waals surface area contributed by atoms with Crippen LogP contribution in [0.2, 0.25) is 0 Å². The Morgan fingerprint density at radius 3 is 2.33 bits per heavy atom. The minimum atomic E-state index is -0.291. The van der Waals surface area contributed by atoms with Gasteiger partial charge in [0.2, 0.25) is 0 Å². The van der Waals surface area contributed by atoms with E-state index in [0.29, 0.717) is 32.1 Å². The Labute approximate surface area is 126 Å². The molecular weight excluding hydrogens is 270 g/mol. The Morgan fingerprint density at radius 2 is 1.76 bits per heavy atom. The summed E-state index contributed by atoms with van der Waals surface area (Å²) in [6.07, 6.45) is 1.49. The molecule has 0 aliphatic heterocycles. The van der Waals surface area contributed by atoms with Crippen LogP contribution < -0.4 is 9.47 Å². The third kappa shape index (κ3) is 6.14. The third-order valence-electron chi connectivity index (χ3n) is 2.69. The van der Waals surface area contributed by atoms with E-state index in [1.807, 2.05) is 39.0 Å². The van der Waals surface area contributed by atoms with Crippen molar-refractivity contribution in [3.63, 3.8) is 0 Å². The molecule has 0 amide bonds. The van der Waals surface area contributed by atoms with Crippen molar-refractivity contribution in [2.45, 2.75) is 27.1 Å². The molecule has 1 rings (SSSR count). The summed E-state index contributed by atoms with van der Waals surface area (Å²) in [6, 6.07) is 5.71. The van der Waals surface area contributed by atoms with E-state index in [4.69, 9.17) is 18.9 Å². The molecule has 118 valence electrons. The molecule has 5 heteroatoms. The van der Waals surface area contributed by atoms with Crippen LogP contribution in [-0.2, 0) is 9.47 Å². The van der Waals surface area contributed by atoms with E-state index in [0.717, 1.165) is 11.3 Å². The lowest BCUT2D eigenvalue weighted by Gasteiger charge is -2.14. The highest BCUT2D eigenvalue weighted by Gasteiger charge is 2.06. The molecule has 21 heavy (non-hydrogen) atoms. The lowest BCUT2D eigenvalue weighted by Crippen LogP contribution is -2.20. The Balaban J connectivity index is 2.66. The highest BCUT2D eigenvalue weighted by atomic mass is 16.7. The van der Waals surface area contributed by atoms with E-state index in [2.05, 4.69) is 4.99 Å². The standard InChI is InChI=1S/C16H25NO4/c1-5-19-14-9-8-13(10-15(14)18-4)11-17-12-16(20-6-2)21-7-3/h8-11,16H,5-7,12H2,1-4H3. The fourth-order valence-corrected chi connectivity index (χ4v) is 1.81. The second-order valence-electron chi connectivity index (χ2n) is 4.18. The van der Waals surface area contributed by atoms with Crippen molar-refractivity contribution in [2.75, 3.05) is 33.5 Å². The Bertz CT molecular complexity index is 428. The summed E-state index contributed by atoms with van der Waals surface area (Å²) in [5.41, 5.74) is 0.946. The fourth-order valence-electron chi connectivity index (χ4n) is 1.81. The number of hydrogen-bond donors (Lipinski definition) is 0. The number of nitrogens with zero attached hydrogens (tertiary/aromatic N) is 1. The smallest absolute Gasteiger partial charge is 0.176 e. The highest BCUT2D eigenvalue weighted by Crippen LogP contribution is 2.27. The summed E-state index contributed by atoms with van der Waals surface area (Å²) in [5.74, 6) is 1.44. The normalized spacial score (nSPS) is 11.3. The molecule has 0 spiro atoms. The van der Waals surface area contributed by atoms with Crippen LogP contribution in [0.15, 0.2) is 23.2 Å².